The van der Waals surface area contributed by atoms with Gasteiger partial charge in [0.15, 0.2) is 6.61 Å². The first kappa shape index (κ1) is 18.1. The zero-order valence-corrected chi connectivity index (χ0v) is 14.2. The molecule has 1 aliphatic rings. The number of piperidine rings is 1. The summed E-state index contributed by atoms with van der Waals surface area (Å²) in [7, 11) is 0. The fourth-order valence-corrected chi connectivity index (χ4v) is 2.54. The van der Waals surface area contributed by atoms with Gasteiger partial charge in [-0.15, -0.1) is 0 Å². The van der Waals surface area contributed by atoms with Crippen LogP contribution in [0.1, 0.15) is 32.6 Å². The highest BCUT2D eigenvalue weighted by Gasteiger charge is 2.24. The third-order valence-corrected chi connectivity index (χ3v) is 4.01. The maximum Gasteiger partial charge on any atom is 0.407 e. The summed E-state index contributed by atoms with van der Waals surface area (Å²) >= 11 is 0. The van der Waals surface area contributed by atoms with E-state index >= 15 is 0 Å². The molecule has 2 amide bonds. The maximum atomic E-state index is 12.2. The van der Waals surface area contributed by atoms with Crippen molar-refractivity contribution in [3.8, 4) is 5.75 Å². The van der Waals surface area contributed by atoms with Gasteiger partial charge in [-0.2, -0.15) is 0 Å². The summed E-state index contributed by atoms with van der Waals surface area (Å²) in [4.78, 5) is 25.6. The zero-order valence-electron chi connectivity index (χ0n) is 14.2. The van der Waals surface area contributed by atoms with Crippen LogP contribution in [0, 0.1) is 0 Å². The van der Waals surface area contributed by atoms with Crippen molar-refractivity contribution in [1.29, 1.82) is 0 Å². The van der Waals surface area contributed by atoms with Crippen LogP contribution < -0.4 is 10.1 Å². The average Bonchev–Trinajstić information content (AvgIpc) is 2.61. The Hall–Kier alpha value is -2.24. The molecule has 0 aromatic heterocycles. The summed E-state index contributed by atoms with van der Waals surface area (Å²) in [6, 6.07) is 9.37. The van der Waals surface area contributed by atoms with Crippen LogP contribution in [0.25, 0.3) is 0 Å². The lowest BCUT2D eigenvalue weighted by Crippen LogP contribution is -2.47. The first-order valence-electron chi connectivity index (χ1n) is 8.58. The Morgan fingerprint density at radius 2 is 1.92 bits per heavy atom. The first-order chi connectivity index (χ1) is 11.7. The summed E-state index contributed by atoms with van der Waals surface area (Å²) in [5.41, 5.74) is 0. The Morgan fingerprint density at radius 3 is 2.58 bits per heavy atom. The zero-order chi connectivity index (χ0) is 17.2. The minimum absolute atomic E-state index is 0.0252. The highest BCUT2D eigenvalue weighted by molar-refractivity contribution is 5.78. The van der Waals surface area contributed by atoms with Crippen molar-refractivity contribution in [3.63, 3.8) is 0 Å². The van der Waals surface area contributed by atoms with Gasteiger partial charge in [0.25, 0.3) is 5.91 Å². The second kappa shape index (κ2) is 9.80. The van der Waals surface area contributed by atoms with Gasteiger partial charge in [0.1, 0.15) is 5.75 Å². The molecule has 1 aromatic rings. The largest absolute Gasteiger partial charge is 0.484 e. The number of hydrogen-bond acceptors (Lipinski definition) is 4. The third kappa shape index (κ3) is 6.10. The van der Waals surface area contributed by atoms with Gasteiger partial charge < -0.3 is 19.7 Å². The van der Waals surface area contributed by atoms with Crippen LogP contribution in [-0.2, 0) is 9.53 Å². The standard InChI is InChI=1S/C18H26N2O4/c1-2-3-13-23-18(22)19-15-9-11-20(12-10-15)17(21)14-24-16-7-5-4-6-8-16/h4-8,15H,2-3,9-14H2,1H3,(H,19,22). The molecule has 0 saturated carbocycles. The number of amides is 2. The average molecular weight is 334 g/mol. The summed E-state index contributed by atoms with van der Waals surface area (Å²) in [5.74, 6) is 0.667. The molecule has 132 valence electrons. The van der Waals surface area contributed by atoms with Crippen LogP contribution in [0.5, 0.6) is 5.75 Å². The van der Waals surface area contributed by atoms with Crippen LogP contribution in [0.15, 0.2) is 30.3 Å². The number of alkyl carbamates (subject to hydrolysis) is 1. The number of rotatable bonds is 7. The SMILES string of the molecule is CCCCOC(=O)NC1CCN(C(=O)COc2ccccc2)CC1. The van der Waals surface area contributed by atoms with Gasteiger partial charge in [-0.3, -0.25) is 4.79 Å². The predicted octanol–water partition coefficient (Wildman–Crippen LogP) is 2.58. The monoisotopic (exact) mass is 334 g/mol. The number of carbonyl (C=O) groups excluding carboxylic acids is 2. The molecule has 0 spiro atoms. The van der Waals surface area contributed by atoms with Crippen molar-refractivity contribution >= 4 is 12.0 Å². The second-order valence-corrected chi connectivity index (χ2v) is 5.89. The molecule has 0 unspecified atom stereocenters. The number of ether oxygens (including phenoxy) is 2. The molecular weight excluding hydrogens is 308 g/mol. The van der Waals surface area contributed by atoms with Crippen LogP contribution in [0.4, 0.5) is 4.79 Å². The maximum absolute atomic E-state index is 12.2. The van der Waals surface area contributed by atoms with E-state index in [9.17, 15) is 9.59 Å². The predicted molar refractivity (Wildman–Crippen MR) is 90.9 cm³/mol. The Balaban J connectivity index is 1.64. The Morgan fingerprint density at radius 1 is 1.21 bits per heavy atom. The molecule has 0 aliphatic carbocycles. The highest BCUT2D eigenvalue weighted by atomic mass is 16.5. The van der Waals surface area contributed by atoms with Crippen LogP contribution in [0.3, 0.4) is 0 Å². The molecule has 1 N–H and O–H groups in total. The highest BCUT2D eigenvalue weighted by Crippen LogP contribution is 2.12. The number of para-hydroxylation sites is 1. The molecule has 1 heterocycles. The van der Waals surface area contributed by atoms with E-state index < -0.39 is 0 Å². The van der Waals surface area contributed by atoms with Gasteiger partial charge in [-0.05, 0) is 31.4 Å². The van der Waals surface area contributed by atoms with Gasteiger partial charge in [-0.1, -0.05) is 31.5 Å². The van der Waals surface area contributed by atoms with Crippen molar-refractivity contribution in [1.82, 2.24) is 10.2 Å². The molecule has 24 heavy (non-hydrogen) atoms. The van der Waals surface area contributed by atoms with Gasteiger partial charge in [0.2, 0.25) is 0 Å². The number of nitrogens with zero attached hydrogens (tertiary/aromatic N) is 1. The van der Waals surface area contributed by atoms with Crippen molar-refractivity contribution in [2.45, 2.75) is 38.6 Å². The minimum Gasteiger partial charge on any atom is -0.484 e. The minimum atomic E-state index is -0.361. The van der Waals surface area contributed by atoms with E-state index in [1.807, 2.05) is 30.3 Å². The number of benzene rings is 1. The van der Waals surface area contributed by atoms with Crippen LogP contribution in [0.2, 0.25) is 0 Å². The van der Waals surface area contributed by atoms with E-state index in [4.69, 9.17) is 9.47 Å². The van der Waals surface area contributed by atoms with E-state index in [1.54, 1.807) is 4.90 Å². The van der Waals surface area contributed by atoms with Gasteiger partial charge >= 0.3 is 6.09 Å². The molecule has 0 radical (unpaired) electrons. The topological polar surface area (TPSA) is 67.9 Å². The van der Waals surface area contributed by atoms with Crippen LogP contribution in [-0.4, -0.2) is 49.2 Å². The lowest BCUT2D eigenvalue weighted by molar-refractivity contribution is -0.134. The molecule has 0 atom stereocenters. The molecular formula is C18H26N2O4. The normalized spacial score (nSPS) is 15.0. The Bertz CT molecular complexity index is 513. The summed E-state index contributed by atoms with van der Waals surface area (Å²) < 4.78 is 10.6. The van der Waals surface area contributed by atoms with Crippen molar-refractivity contribution < 1.29 is 19.1 Å². The molecule has 6 heteroatoms. The van der Waals surface area contributed by atoms with Gasteiger partial charge in [0, 0.05) is 19.1 Å². The van der Waals surface area contributed by atoms with E-state index in [-0.39, 0.29) is 24.6 Å². The third-order valence-electron chi connectivity index (χ3n) is 4.01. The van der Waals surface area contributed by atoms with E-state index in [1.165, 1.54) is 0 Å². The summed E-state index contributed by atoms with van der Waals surface area (Å²) in [6.45, 7) is 3.79. The number of hydrogen-bond donors (Lipinski definition) is 1. The van der Waals surface area contributed by atoms with Gasteiger partial charge in [-0.25, -0.2) is 4.79 Å². The van der Waals surface area contributed by atoms with Gasteiger partial charge in [0.05, 0.1) is 6.61 Å². The molecule has 2 rings (SSSR count). The Labute approximate surface area is 143 Å². The molecule has 6 nitrogen and oxygen atoms in total. The first-order valence-corrected chi connectivity index (χ1v) is 8.58. The van der Waals surface area contributed by atoms with Crippen molar-refractivity contribution in [2.75, 3.05) is 26.3 Å². The molecule has 1 saturated heterocycles. The molecule has 1 aromatic carbocycles. The lowest BCUT2D eigenvalue weighted by atomic mass is 10.1. The fraction of sp³-hybridized carbons (Fsp3) is 0.556. The van der Waals surface area contributed by atoms with Crippen molar-refractivity contribution in [2.24, 2.45) is 0 Å². The summed E-state index contributed by atoms with van der Waals surface area (Å²) in [6.07, 6.45) is 2.99. The number of unbranched alkanes of at least 4 members (excludes halogenated alkanes) is 1. The number of likely N-dealkylation sites (tertiary alicyclic amines) is 1. The Kier molecular flexibility index (Phi) is 7.39. The van der Waals surface area contributed by atoms with Crippen molar-refractivity contribution in [3.05, 3.63) is 30.3 Å². The second-order valence-electron chi connectivity index (χ2n) is 5.89. The summed E-state index contributed by atoms with van der Waals surface area (Å²) in [5, 5.41) is 2.86. The quantitative estimate of drug-likeness (QED) is 0.778. The van der Waals surface area contributed by atoms with Crippen LogP contribution >= 0.6 is 0 Å². The number of carbonyl (C=O) groups is 2. The number of nitrogens with one attached hydrogen (secondary N) is 1. The fourth-order valence-electron chi connectivity index (χ4n) is 2.54. The van der Waals surface area contributed by atoms with E-state index in [0.29, 0.717) is 25.4 Å². The lowest BCUT2D eigenvalue weighted by Gasteiger charge is -2.32. The van der Waals surface area contributed by atoms with E-state index in [2.05, 4.69) is 12.2 Å². The van der Waals surface area contributed by atoms with E-state index in [0.717, 1.165) is 25.7 Å². The smallest absolute Gasteiger partial charge is 0.407 e. The molecule has 1 fully saturated rings. The molecule has 0 bridgehead atoms. The molecule has 1 aliphatic heterocycles.